The molecule has 1 fully saturated rings. The maximum atomic E-state index is 12.6. The van der Waals surface area contributed by atoms with Gasteiger partial charge in [-0.25, -0.2) is 9.97 Å². The van der Waals surface area contributed by atoms with E-state index in [4.69, 9.17) is 9.40 Å². The van der Waals surface area contributed by atoms with Crippen molar-refractivity contribution in [2.75, 3.05) is 11.4 Å². The fourth-order valence-electron chi connectivity index (χ4n) is 4.01. The third-order valence-electron chi connectivity index (χ3n) is 5.31. The molecule has 2 aromatic rings. The average molecular weight is 325 g/mol. The summed E-state index contributed by atoms with van der Waals surface area (Å²) in [5, 5.41) is 0. The summed E-state index contributed by atoms with van der Waals surface area (Å²) in [6, 6.07) is 4.28. The van der Waals surface area contributed by atoms with Crippen LogP contribution >= 0.6 is 0 Å². The number of ketones is 1. The van der Waals surface area contributed by atoms with Crippen LogP contribution < -0.4 is 4.90 Å². The molecule has 0 radical (unpaired) electrons. The number of rotatable bonds is 2. The first-order valence-corrected chi connectivity index (χ1v) is 8.84. The number of hydrogen-bond donors (Lipinski definition) is 0. The Balaban J connectivity index is 1.71. The maximum absolute atomic E-state index is 12.6. The van der Waals surface area contributed by atoms with Crippen molar-refractivity contribution in [3.63, 3.8) is 0 Å². The molecular weight excluding hydrogens is 302 g/mol. The molecule has 2 aromatic heterocycles. The minimum atomic E-state index is 0.0842. The van der Waals surface area contributed by atoms with E-state index >= 15 is 0 Å². The summed E-state index contributed by atoms with van der Waals surface area (Å²) in [6.45, 7) is 5.16. The molecule has 2 aliphatic rings. The van der Waals surface area contributed by atoms with Gasteiger partial charge in [0.1, 0.15) is 5.76 Å². The molecule has 1 saturated heterocycles. The molecule has 0 saturated carbocycles. The van der Waals surface area contributed by atoms with Gasteiger partial charge in [-0.2, -0.15) is 0 Å². The normalized spacial score (nSPS) is 24.1. The van der Waals surface area contributed by atoms with Crippen LogP contribution in [0.3, 0.4) is 0 Å². The van der Waals surface area contributed by atoms with Gasteiger partial charge in [-0.3, -0.25) is 4.79 Å². The molecule has 5 heteroatoms. The Kier molecular flexibility index (Phi) is 3.87. The van der Waals surface area contributed by atoms with E-state index in [9.17, 15) is 4.79 Å². The molecule has 0 bridgehead atoms. The highest BCUT2D eigenvalue weighted by atomic mass is 16.3. The van der Waals surface area contributed by atoms with Gasteiger partial charge in [0, 0.05) is 31.3 Å². The zero-order chi connectivity index (χ0) is 16.7. The van der Waals surface area contributed by atoms with Gasteiger partial charge < -0.3 is 9.32 Å². The number of furan rings is 1. The number of fused-ring (bicyclic) bond motifs is 1. The predicted molar refractivity (Wildman–Crippen MR) is 91.5 cm³/mol. The Hall–Kier alpha value is -2.17. The number of aryl methyl sites for hydroxylation is 1. The van der Waals surface area contributed by atoms with E-state index in [2.05, 4.69) is 16.8 Å². The van der Waals surface area contributed by atoms with Crippen molar-refractivity contribution in [1.82, 2.24) is 9.97 Å². The largest absolute Gasteiger partial charge is 0.469 e. The molecule has 0 aromatic carbocycles. The molecular formula is C19H23N3O2. The fourth-order valence-corrected chi connectivity index (χ4v) is 4.01. The molecule has 0 N–H and O–H groups in total. The molecule has 5 nitrogen and oxygen atoms in total. The first-order valence-electron chi connectivity index (χ1n) is 8.84. The number of hydrogen-bond acceptors (Lipinski definition) is 5. The number of carbonyl (C=O) groups excluding carboxylic acids is 1. The summed E-state index contributed by atoms with van der Waals surface area (Å²) in [5.41, 5.74) is 2.43. The van der Waals surface area contributed by atoms with Crippen LogP contribution in [0.1, 0.15) is 66.0 Å². The molecule has 1 aliphatic heterocycles. The fraction of sp³-hybridized carbons (Fsp3) is 0.526. The van der Waals surface area contributed by atoms with Crippen molar-refractivity contribution >= 4 is 11.7 Å². The highest BCUT2D eigenvalue weighted by Gasteiger charge is 2.32. The lowest BCUT2D eigenvalue weighted by molar-refractivity contribution is 0.0958. The van der Waals surface area contributed by atoms with Crippen molar-refractivity contribution in [1.29, 1.82) is 0 Å². The molecule has 2 atom stereocenters. The van der Waals surface area contributed by atoms with Crippen LogP contribution in [0.25, 0.3) is 0 Å². The van der Waals surface area contributed by atoms with E-state index in [1.165, 1.54) is 19.3 Å². The molecule has 0 unspecified atom stereocenters. The van der Waals surface area contributed by atoms with E-state index in [0.29, 0.717) is 12.5 Å². The summed E-state index contributed by atoms with van der Waals surface area (Å²) in [7, 11) is 0. The van der Waals surface area contributed by atoms with Crippen molar-refractivity contribution in [2.24, 2.45) is 0 Å². The molecule has 24 heavy (non-hydrogen) atoms. The van der Waals surface area contributed by atoms with Crippen LogP contribution in [0.5, 0.6) is 0 Å². The lowest BCUT2D eigenvalue weighted by atomic mass is 9.84. The van der Waals surface area contributed by atoms with Crippen LogP contribution in [0.15, 0.2) is 22.8 Å². The van der Waals surface area contributed by atoms with Gasteiger partial charge in [-0.15, -0.1) is 0 Å². The van der Waals surface area contributed by atoms with Gasteiger partial charge >= 0.3 is 0 Å². The van der Waals surface area contributed by atoms with Gasteiger partial charge in [-0.05, 0) is 45.2 Å². The lowest BCUT2D eigenvalue weighted by Crippen LogP contribution is -2.39. The quantitative estimate of drug-likeness (QED) is 0.843. The molecule has 1 aliphatic carbocycles. The summed E-state index contributed by atoms with van der Waals surface area (Å²) in [4.78, 5) is 24.4. The summed E-state index contributed by atoms with van der Waals surface area (Å²) >= 11 is 0. The van der Waals surface area contributed by atoms with Gasteiger partial charge in [-0.1, -0.05) is 0 Å². The lowest BCUT2D eigenvalue weighted by Gasteiger charge is -2.34. The zero-order valence-electron chi connectivity index (χ0n) is 14.3. The maximum Gasteiger partial charge on any atom is 0.226 e. The second-order valence-corrected chi connectivity index (χ2v) is 7.01. The number of carbonyl (C=O) groups is 1. The highest BCUT2D eigenvalue weighted by molar-refractivity contribution is 5.99. The van der Waals surface area contributed by atoms with Crippen LogP contribution in [-0.4, -0.2) is 28.3 Å². The SMILES string of the molecule is Cc1nc(N2CCCC[C@@H]2C)nc2c1C(=O)C[C@@H](c1ccco1)C2. The summed E-state index contributed by atoms with van der Waals surface area (Å²) in [6.07, 6.45) is 6.50. The van der Waals surface area contributed by atoms with Gasteiger partial charge in [0.25, 0.3) is 0 Å². The van der Waals surface area contributed by atoms with E-state index in [-0.39, 0.29) is 11.7 Å². The molecule has 4 rings (SSSR count). The second kappa shape index (κ2) is 6.04. The van der Waals surface area contributed by atoms with Crippen molar-refractivity contribution in [3.8, 4) is 0 Å². The Morgan fingerprint density at radius 1 is 1.25 bits per heavy atom. The molecule has 0 spiro atoms. The van der Waals surface area contributed by atoms with E-state index in [1.807, 2.05) is 19.1 Å². The predicted octanol–water partition coefficient (Wildman–Crippen LogP) is 3.67. The van der Waals surface area contributed by atoms with Crippen LogP contribution in [0, 0.1) is 6.92 Å². The molecule has 0 amide bonds. The number of anilines is 1. The van der Waals surface area contributed by atoms with Crippen molar-refractivity contribution in [3.05, 3.63) is 41.1 Å². The Bertz CT molecular complexity index is 754. The van der Waals surface area contributed by atoms with Crippen molar-refractivity contribution < 1.29 is 9.21 Å². The van der Waals surface area contributed by atoms with Crippen LogP contribution in [-0.2, 0) is 6.42 Å². The zero-order valence-corrected chi connectivity index (χ0v) is 14.3. The smallest absolute Gasteiger partial charge is 0.226 e. The number of nitrogens with zero attached hydrogens (tertiary/aromatic N) is 3. The monoisotopic (exact) mass is 325 g/mol. The number of Topliss-reactive ketones (excluding diaryl/α,β-unsaturated/α-hetero) is 1. The molecule has 3 heterocycles. The topological polar surface area (TPSA) is 59.2 Å². The van der Waals surface area contributed by atoms with Gasteiger partial charge in [0.15, 0.2) is 5.78 Å². The highest BCUT2D eigenvalue weighted by Crippen LogP contribution is 2.34. The van der Waals surface area contributed by atoms with Crippen LogP contribution in [0.4, 0.5) is 5.95 Å². The van der Waals surface area contributed by atoms with Gasteiger partial charge in [0.2, 0.25) is 5.95 Å². The van der Waals surface area contributed by atoms with E-state index in [1.54, 1.807) is 6.26 Å². The van der Waals surface area contributed by atoms with Gasteiger partial charge in [0.05, 0.1) is 23.2 Å². The van der Waals surface area contributed by atoms with E-state index in [0.717, 1.165) is 41.6 Å². The van der Waals surface area contributed by atoms with Crippen LogP contribution in [0.2, 0.25) is 0 Å². The molecule has 126 valence electrons. The first kappa shape index (κ1) is 15.4. The average Bonchev–Trinajstić information content (AvgIpc) is 3.09. The number of piperidine rings is 1. The Morgan fingerprint density at radius 3 is 2.88 bits per heavy atom. The third-order valence-corrected chi connectivity index (χ3v) is 5.31. The Labute approximate surface area is 142 Å². The standard InChI is InChI=1S/C19H23N3O2/c1-12-6-3-4-8-22(12)19-20-13(2)18-15(21-19)10-14(11-16(18)23)17-7-5-9-24-17/h5,7,9,12,14H,3-4,6,8,10-11H2,1-2H3/t12-,14-/m0/s1. The summed E-state index contributed by atoms with van der Waals surface area (Å²) in [5.74, 6) is 1.87. The second-order valence-electron chi connectivity index (χ2n) is 7.01. The van der Waals surface area contributed by atoms with E-state index < -0.39 is 0 Å². The Morgan fingerprint density at radius 2 is 2.12 bits per heavy atom. The summed E-state index contributed by atoms with van der Waals surface area (Å²) < 4.78 is 5.52. The minimum Gasteiger partial charge on any atom is -0.469 e. The third kappa shape index (κ3) is 2.62. The minimum absolute atomic E-state index is 0.0842. The first-order chi connectivity index (χ1) is 11.6. The number of aromatic nitrogens is 2. The van der Waals surface area contributed by atoms with Crippen molar-refractivity contribution in [2.45, 2.75) is 57.9 Å².